The van der Waals surface area contributed by atoms with Gasteiger partial charge in [0.05, 0.1) is 0 Å². The molecule has 1 aliphatic carbocycles. The number of hydrogen-bond donors (Lipinski definition) is 1. The topological polar surface area (TPSA) is 55.6 Å². The maximum atomic E-state index is 12.0. The van der Waals surface area contributed by atoms with E-state index in [0.717, 1.165) is 12.8 Å². The van der Waals surface area contributed by atoms with Crippen LogP contribution in [0.1, 0.15) is 47.5 Å². The van der Waals surface area contributed by atoms with Crippen molar-refractivity contribution >= 4 is 6.09 Å². The Bertz CT molecular complexity index is 278. The molecular weight excluding hydrogens is 216 g/mol. The third kappa shape index (κ3) is 5.39. The van der Waals surface area contributed by atoms with Crippen molar-refractivity contribution in [1.82, 2.24) is 4.90 Å². The first kappa shape index (κ1) is 14.3. The van der Waals surface area contributed by atoms with Crippen LogP contribution in [0.15, 0.2) is 0 Å². The lowest BCUT2D eigenvalue weighted by Gasteiger charge is -2.30. The van der Waals surface area contributed by atoms with Gasteiger partial charge in [-0.1, -0.05) is 13.8 Å². The van der Waals surface area contributed by atoms with Crippen molar-refractivity contribution in [3.05, 3.63) is 0 Å². The second kappa shape index (κ2) is 4.84. The Labute approximate surface area is 104 Å². The molecule has 1 aliphatic rings. The molecular formula is C13H26N2O2. The fourth-order valence-electron chi connectivity index (χ4n) is 1.67. The van der Waals surface area contributed by atoms with Crippen LogP contribution in [0, 0.1) is 5.92 Å². The van der Waals surface area contributed by atoms with E-state index in [-0.39, 0.29) is 11.6 Å². The lowest BCUT2D eigenvalue weighted by atomic mass is 10.2. The summed E-state index contributed by atoms with van der Waals surface area (Å²) >= 11 is 0. The van der Waals surface area contributed by atoms with Crippen molar-refractivity contribution in [3.63, 3.8) is 0 Å². The number of carbonyl (C=O) groups excluding carboxylic acids is 1. The Morgan fingerprint density at radius 1 is 1.41 bits per heavy atom. The molecule has 1 saturated carbocycles. The van der Waals surface area contributed by atoms with Crippen LogP contribution in [0.3, 0.4) is 0 Å². The van der Waals surface area contributed by atoms with Gasteiger partial charge in [-0.25, -0.2) is 4.79 Å². The van der Waals surface area contributed by atoms with Crippen LogP contribution in [-0.4, -0.2) is 35.2 Å². The van der Waals surface area contributed by atoms with Crippen molar-refractivity contribution in [2.45, 2.75) is 58.6 Å². The standard InChI is InChI=1S/C13H26N2O2/c1-10(2)8-15(9-13(14)6-7-13)11(16)17-12(3,4)5/h10H,6-9,14H2,1-5H3. The molecule has 0 heterocycles. The molecule has 1 fully saturated rings. The molecule has 1 rings (SSSR count). The quantitative estimate of drug-likeness (QED) is 0.823. The molecule has 0 aromatic carbocycles. The predicted molar refractivity (Wildman–Crippen MR) is 68.8 cm³/mol. The van der Waals surface area contributed by atoms with Crippen molar-refractivity contribution in [2.75, 3.05) is 13.1 Å². The van der Waals surface area contributed by atoms with Gasteiger partial charge >= 0.3 is 6.09 Å². The number of ether oxygens (including phenoxy) is 1. The van der Waals surface area contributed by atoms with Gasteiger partial charge in [-0.2, -0.15) is 0 Å². The second-order valence-electron chi connectivity index (χ2n) is 6.62. The molecule has 0 unspecified atom stereocenters. The van der Waals surface area contributed by atoms with Gasteiger partial charge < -0.3 is 15.4 Å². The number of carbonyl (C=O) groups is 1. The second-order valence-corrected chi connectivity index (χ2v) is 6.62. The summed E-state index contributed by atoms with van der Waals surface area (Å²) in [7, 11) is 0. The average molecular weight is 242 g/mol. The molecule has 4 nitrogen and oxygen atoms in total. The highest BCUT2D eigenvalue weighted by Crippen LogP contribution is 2.33. The molecule has 100 valence electrons. The molecule has 0 atom stereocenters. The van der Waals surface area contributed by atoms with Crippen LogP contribution in [0.2, 0.25) is 0 Å². The van der Waals surface area contributed by atoms with E-state index in [1.165, 1.54) is 0 Å². The highest BCUT2D eigenvalue weighted by molar-refractivity contribution is 5.68. The van der Waals surface area contributed by atoms with Crippen LogP contribution in [0.4, 0.5) is 4.79 Å². The Hall–Kier alpha value is -0.770. The van der Waals surface area contributed by atoms with E-state index in [2.05, 4.69) is 13.8 Å². The maximum absolute atomic E-state index is 12.0. The number of amides is 1. The summed E-state index contributed by atoms with van der Waals surface area (Å²) in [6, 6.07) is 0. The van der Waals surface area contributed by atoms with Crippen LogP contribution >= 0.6 is 0 Å². The molecule has 0 spiro atoms. The van der Waals surface area contributed by atoms with Crippen molar-refractivity contribution < 1.29 is 9.53 Å². The van der Waals surface area contributed by atoms with Gasteiger partial charge in [0.1, 0.15) is 5.60 Å². The van der Waals surface area contributed by atoms with Gasteiger partial charge in [0.15, 0.2) is 0 Å². The summed E-state index contributed by atoms with van der Waals surface area (Å²) < 4.78 is 5.41. The van der Waals surface area contributed by atoms with Crippen molar-refractivity contribution in [2.24, 2.45) is 11.7 Å². The summed E-state index contributed by atoms with van der Waals surface area (Å²) in [5, 5.41) is 0. The van der Waals surface area contributed by atoms with Crippen molar-refractivity contribution in [1.29, 1.82) is 0 Å². The zero-order chi connectivity index (χ0) is 13.3. The number of nitrogens with zero attached hydrogens (tertiary/aromatic N) is 1. The molecule has 0 aromatic rings. The van der Waals surface area contributed by atoms with Crippen molar-refractivity contribution in [3.8, 4) is 0 Å². The van der Waals surface area contributed by atoms with Gasteiger partial charge in [0.2, 0.25) is 0 Å². The Kier molecular flexibility index (Phi) is 4.07. The summed E-state index contributed by atoms with van der Waals surface area (Å²) in [6.45, 7) is 11.1. The SMILES string of the molecule is CC(C)CN(CC1(N)CC1)C(=O)OC(C)(C)C. The first-order chi connectivity index (χ1) is 7.61. The number of nitrogens with two attached hydrogens (primary N) is 1. The maximum Gasteiger partial charge on any atom is 0.410 e. The predicted octanol–water partition coefficient (Wildman–Crippen LogP) is 2.37. The van der Waals surface area contributed by atoms with E-state index in [4.69, 9.17) is 10.5 Å². The molecule has 17 heavy (non-hydrogen) atoms. The zero-order valence-corrected chi connectivity index (χ0v) is 11.7. The van der Waals surface area contributed by atoms with E-state index in [1.54, 1.807) is 4.90 Å². The van der Waals surface area contributed by atoms with E-state index in [0.29, 0.717) is 19.0 Å². The number of hydrogen-bond acceptors (Lipinski definition) is 3. The van der Waals surface area contributed by atoms with E-state index in [9.17, 15) is 4.79 Å². The normalized spacial score (nSPS) is 18.1. The molecule has 2 N–H and O–H groups in total. The highest BCUT2D eigenvalue weighted by Gasteiger charge is 2.41. The van der Waals surface area contributed by atoms with Gasteiger partial charge in [0, 0.05) is 18.6 Å². The molecule has 1 amide bonds. The molecule has 0 radical (unpaired) electrons. The third-order valence-electron chi connectivity index (χ3n) is 2.64. The summed E-state index contributed by atoms with van der Waals surface area (Å²) in [4.78, 5) is 13.8. The average Bonchev–Trinajstić information content (AvgIpc) is 2.78. The summed E-state index contributed by atoms with van der Waals surface area (Å²) in [6.07, 6.45) is 1.76. The molecule has 0 saturated heterocycles. The number of rotatable bonds is 4. The fraction of sp³-hybridized carbons (Fsp3) is 0.923. The van der Waals surface area contributed by atoms with E-state index in [1.807, 2.05) is 20.8 Å². The van der Waals surface area contributed by atoms with E-state index < -0.39 is 5.60 Å². The van der Waals surface area contributed by atoms with Crippen LogP contribution in [-0.2, 0) is 4.74 Å². The summed E-state index contributed by atoms with van der Waals surface area (Å²) in [5.41, 5.74) is 5.47. The zero-order valence-electron chi connectivity index (χ0n) is 11.7. The van der Waals surface area contributed by atoms with Crippen LogP contribution < -0.4 is 5.73 Å². The minimum absolute atomic E-state index is 0.161. The highest BCUT2D eigenvalue weighted by atomic mass is 16.6. The minimum Gasteiger partial charge on any atom is -0.444 e. The Morgan fingerprint density at radius 2 is 1.94 bits per heavy atom. The first-order valence-electron chi connectivity index (χ1n) is 6.38. The molecule has 0 aromatic heterocycles. The van der Waals surface area contributed by atoms with E-state index >= 15 is 0 Å². The largest absolute Gasteiger partial charge is 0.444 e. The monoisotopic (exact) mass is 242 g/mol. The Morgan fingerprint density at radius 3 is 2.29 bits per heavy atom. The summed E-state index contributed by atoms with van der Waals surface area (Å²) in [5.74, 6) is 0.421. The van der Waals surface area contributed by atoms with Gasteiger partial charge in [-0.3, -0.25) is 0 Å². The molecule has 0 bridgehead atoms. The smallest absolute Gasteiger partial charge is 0.410 e. The Balaban J connectivity index is 2.58. The molecule has 0 aliphatic heterocycles. The van der Waals surface area contributed by atoms with Gasteiger partial charge in [-0.05, 0) is 39.5 Å². The lowest BCUT2D eigenvalue weighted by molar-refractivity contribution is 0.0211. The van der Waals surface area contributed by atoms with Gasteiger partial charge in [0.25, 0.3) is 0 Å². The lowest BCUT2D eigenvalue weighted by Crippen LogP contribution is -2.46. The minimum atomic E-state index is -0.447. The van der Waals surface area contributed by atoms with Gasteiger partial charge in [-0.15, -0.1) is 0 Å². The third-order valence-corrected chi connectivity index (χ3v) is 2.64. The van der Waals surface area contributed by atoms with Crippen LogP contribution in [0.5, 0.6) is 0 Å². The first-order valence-corrected chi connectivity index (χ1v) is 6.38. The van der Waals surface area contributed by atoms with Crippen LogP contribution in [0.25, 0.3) is 0 Å². The molecule has 4 heteroatoms. The fourth-order valence-corrected chi connectivity index (χ4v) is 1.67.